The van der Waals surface area contributed by atoms with Crippen LogP contribution in [0.15, 0.2) is 40.8 Å². The number of aromatic nitrogens is 1. The molecule has 0 saturated carbocycles. The number of rotatable bonds is 3. The van der Waals surface area contributed by atoms with Gasteiger partial charge in [0.15, 0.2) is 5.58 Å². The van der Waals surface area contributed by atoms with Crippen molar-refractivity contribution in [2.45, 2.75) is 0 Å². The summed E-state index contributed by atoms with van der Waals surface area (Å²) in [5.74, 6) is 8.00. The first-order valence-corrected chi connectivity index (χ1v) is 6.92. The minimum absolute atomic E-state index is 0.339. The molecule has 0 aliphatic carbocycles. The minimum atomic E-state index is 0.339. The number of nitrogens with zero attached hydrogens (tertiary/aromatic N) is 1. The van der Waals surface area contributed by atoms with E-state index in [2.05, 4.69) is 16.8 Å². The van der Waals surface area contributed by atoms with Crippen LogP contribution in [-0.4, -0.2) is 26.3 Å². The quantitative estimate of drug-likeness (QED) is 0.695. The van der Waals surface area contributed by atoms with Gasteiger partial charge in [-0.25, -0.2) is 4.98 Å². The normalized spacial score (nSPS) is 10.0. The Morgan fingerprint density at radius 3 is 2.22 bits per heavy atom. The van der Waals surface area contributed by atoms with Gasteiger partial charge in [0.25, 0.3) is 5.89 Å². The maximum Gasteiger partial charge on any atom is 0.274 e. The average molecular weight is 309 g/mol. The molecule has 0 aliphatic heterocycles. The molecule has 23 heavy (non-hydrogen) atoms. The molecule has 0 spiro atoms. The monoisotopic (exact) mass is 309 g/mol. The van der Waals surface area contributed by atoms with Crippen LogP contribution in [0.25, 0.3) is 11.1 Å². The Morgan fingerprint density at radius 1 is 0.913 bits per heavy atom. The molecule has 1 heterocycles. The highest BCUT2D eigenvalue weighted by Crippen LogP contribution is 2.33. The SMILES string of the molecule is COc1cc(OC)c(C#Cc2nc3ccccc3o2)c(OC)c1. The number of methoxy groups -OCH3 is 3. The first-order chi connectivity index (χ1) is 11.2. The summed E-state index contributed by atoms with van der Waals surface area (Å²) >= 11 is 0. The summed E-state index contributed by atoms with van der Waals surface area (Å²) in [5, 5.41) is 0. The molecule has 0 aliphatic rings. The minimum Gasteiger partial charge on any atom is -0.496 e. The predicted octanol–water partition coefficient (Wildman–Crippen LogP) is 3.25. The Kier molecular flexibility index (Phi) is 4.07. The van der Waals surface area contributed by atoms with Crippen molar-refractivity contribution < 1.29 is 18.6 Å². The smallest absolute Gasteiger partial charge is 0.274 e. The van der Waals surface area contributed by atoms with Gasteiger partial charge in [-0.15, -0.1) is 0 Å². The lowest BCUT2D eigenvalue weighted by Crippen LogP contribution is -1.95. The van der Waals surface area contributed by atoms with Gasteiger partial charge in [-0.05, 0) is 24.0 Å². The van der Waals surface area contributed by atoms with Crippen LogP contribution in [0.4, 0.5) is 0 Å². The zero-order chi connectivity index (χ0) is 16.2. The molecule has 0 saturated heterocycles. The van der Waals surface area contributed by atoms with Gasteiger partial charge in [0, 0.05) is 12.1 Å². The summed E-state index contributed by atoms with van der Waals surface area (Å²) in [5.41, 5.74) is 2.08. The summed E-state index contributed by atoms with van der Waals surface area (Å²) in [4.78, 5) is 4.33. The van der Waals surface area contributed by atoms with Crippen molar-refractivity contribution in [2.24, 2.45) is 0 Å². The lowest BCUT2D eigenvalue weighted by molar-refractivity contribution is 0.374. The van der Waals surface area contributed by atoms with Gasteiger partial charge < -0.3 is 18.6 Å². The van der Waals surface area contributed by atoms with Gasteiger partial charge in [-0.2, -0.15) is 0 Å². The van der Waals surface area contributed by atoms with Gasteiger partial charge in [0.05, 0.1) is 21.3 Å². The molecular weight excluding hydrogens is 294 g/mol. The van der Waals surface area contributed by atoms with E-state index in [0.717, 1.165) is 5.52 Å². The molecule has 0 N–H and O–H groups in total. The summed E-state index contributed by atoms with van der Waals surface area (Å²) in [6, 6.07) is 11.0. The summed E-state index contributed by atoms with van der Waals surface area (Å²) < 4.78 is 21.5. The van der Waals surface area contributed by atoms with E-state index in [1.54, 1.807) is 33.5 Å². The molecule has 1 aromatic heterocycles. The molecule has 5 nitrogen and oxygen atoms in total. The van der Waals surface area contributed by atoms with Crippen molar-refractivity contribution in [1.29, 1.82) is 0 Å². The maximum absolute atomic E-state index is 5.59. The fourth-order valence-corrected chi connectivity index (χ4v) is 2.17. The highest BCUT2D eigenvalue weighted by atomic mass is 16.5. The van der Waals surface area contributed by atoms with Crippen molar-refractivity contribution in [3.63, 3.8) is 0 Å². The van der Waals surface area contributed by atoms with E-state index in [9.17, 15) is 0 Å². The largest absolute Gasteiger partial charge is 0.496 e. The van der Waals surface area contributed by atoms with E-state index >= 15 is 0 Å². The van der Waals surface area contributed by atoms with Crippen LogP contribution in [0.3, 0.4) is 0 Å². The highest BCUT2D eigenvalue weighted by molar-refractivity contribution is 5.73. The Bertz CT molecular complexity index is 844. The number of hydrogen-bond donors (Lipinski definition) is 0. The molecule has 5 heteroatoms. The van der Waals surface area contributed by atoms with Crippen LogP contribution >= 0.6 is 0 Å². The average Bonchev–Trinajstić information content (AvgIpc) is 3.01. The topological polar surface area (TPSA) is 53.7 Å². The molecule has 2 aromatic carbocycles. The van der Waals surface area contributed by atoms with Crippen molar-refractivity contribution in [3.05, 3.63) is 47.9 Å². The molecule has 0 bridgehead atoms. The van der Waals surface area contributed by atoms with Gasteiger partial charge in [0.1, 0.15) is 28.3 Å². The number of para-hydroxylation sites is 2. The number of fused-ring (bicyclic) bond motifs is 1. The molecular formula is C18H15NO4. The third-order valence-corrected chi connectivity index (χ3v) is 3.30. The zero-order valence-corrected chi connectivity index (χ0v) is 13.0. The summed E-state index contributed by atoms with van der Waals surface area (Å²) in [6.07, 6.45) is 0. The van der Waals surface area contributed by atoms with Crippen LogP contribution in [0.1, 0.15) is 11.5 Å². The van der Waals surface area contributed by atoms with Crippen molar-refractivity contribution in [2.75, 3.05) is 21.3 Å². The van der Waals surface area contributed by atoms with Crippen LogP contribution < -0.4 is 14.2 Å². The molecule has 3 rings (SSSR count). The van der Waals surface area contributed by atoms with E-state index < -0.39 is 0 Å². The van der Waals surface area contributed by atoms with Crippen LogP contribution in [-0.2, 0) is 0 Å². The second-order valence-corrected chi connectivity index (χ2v) is 4.64. The summed E-state index contributed by atoms with van der Waals surface area (Å²) in [6.45, 7) is 0. The van der Waals surface area contributed by atoms with Gasteiger partial charge >= 0.3 is 0 Å². The first kappa shape index (κ1) is 14.8. The van der Waals surface area contributed by atoms with E-state index in [4.69, 9.17) is 18.6 Å². The van der Waals surface area contributed by atoms with Gasteiger partial charge in [-0.3, -0.25) is 0 Å². The van der Waals surface area contributed by atoms with Gasteiger partial charge in [-0.1, -0.05) is 12.1 Å². The summed E-state index contributed by atoms with van der Waals surface area (Å²) in [7, 11) is 4.72. The number of benzene rings is 2. The second-order valence-electron chi connectivity index (χ2n) is 4.64. The first-order valence-electron chi connectivity index (χ1n) is 6.92. The lowest BCUT2D eigenvalue weighted by Gasteiger charge is -2.10. The fourth-order valence-electron chi connectivity index (χ4n) is 2.17. The number of ether oxygens (including phenoxy) is 3. The number of oxazole rings is 1. The standard InChI is InChI=1S/C18H15NO4/c1-20-12-10-16(21-2)13(17(11-12)22-3)8-9-18-19-14-6-4-5-7-15(14)23-18/h4-7,10-11H,1-3H3. The van der Waals surface area contributed by atoms with Crippen LogP contribution in [0.5, 0.6) is 17.2 Å². The van der Waals surface area contributed by atoms with E-state index in [1.807, 2.05) is 24.3 Å². The molecule has 3 aromatic rings. The Balaban J connectivity index is 2.05. The molecule has 116 valence electrons. The molecule has 0 radical (unpaired) electrons. The van der Waals surface area contributed by atoms with Crippen molar-refractivity contribution in [1.82, 2.24) is 4.98 Å². The fraction of sp³-hybridized carbons (Fsp3) is 0.167. The number of hydrogen-bond acceptors (Lipinski definition) is 5. The molecule has 0 fully saturated rings. The molecule has 0 amide bonds. The molecule has 0 atom stereocenters. The zero-order valence-electron chi connectivity index (χ0n) is 13.0. The van der Waals surface area contributed by atoms with Crippen molar-refractivity contribution in [3.8, 4) is 29.1 Å². The predicted molar refractivity (Wildman–Crippen MR) is 86.1 cm³/mol. The Hall–Kier alpha value is -3.13. The third-order valence-electron chi connectivity index (χ3n) is 3.30. The highest BCUT2D eigenvalue weighted by Gasteiger charge is 2.11. The van der Waals surface area contributed by atoms with E-state index in [0.29, 0.717) is 34.3 Å². The second kappa shape index (κ2) is 6.32. The molecule has 0 unspecified atom stereocenters. The van der Waals surface area contributed by atoms with Gasteiger partial charge in [0.2, 0.25) is 0 Å². The Labute approximate surface area is 133 Å². The van der Waals surface area contributed by atoms with Crippen LogP contribution in [0.2, 0.25) is 0 Å². The lowest BCUT2D eigenvalue weighted by atomic mass is 10.1. The Morgan fingerprint density at radius 2 is 1.61 bits per heavy atom. The maximum atomic E-state index is 5.59. The third kappa shape index (κ3) is 2.92. The van der Waals surface area contributed by atoms with Crippen molar-refractivity contribution >= 4 is 11.1 Å². The van der Waals surface area contributed by atoms with E-state index in [1.165, 1.54) is 0 Å². The van der Waals surface area contributed by atoms with Crippen LogP contribution in [0, 0.1) is 11.8 Å². The van der Waals surface area contributed by atoms with E-state index in [-0.39, 0.29) is 0 Å².